The molecule has 2 heterocycles. The largest absolute Gasteiger partial charge is 0.497 e. The number of hydrogen-bond acceptors (Lipinski definition) is 7. The van der Waals surface area contributed by atoms with Gasteiger partial charge in [-0.15, -0.1) is 0 Å². The van der Waals surface area contributed by atoms with Gasteiger partial charge in [-0.05, 0) is 48.9 Å². The van der Waals surface area contributed by atoms with Gasteiger partial charge < -0.3 is 24.1 Å². The van der Waals surface area contributed by atoms with E-state index in [0.29, 0.717) is 41.9 Å². The Morgan fingerprint density at radius 1 is 1.06 bits per heavy atom. The number of rotatable bonds is 8. The van der Waals surface area contributed by atoms with Crippen molar-refractivity contribution in [3.8, 4) is 22.9 Å². The smallest absolute Gasteiger partial charge is 0.322 e. The molecule has 1 N–H and O–H groups in total. The van der Waals surface area contributed by atoms with E-state index in [-0.39, 0.29) is 6.03 Å². The first-order chi connectivity index (χ1) is 16.0. The van der Waals surface area contributed by atoms with Crippen LogP contribution in [0.1, 0.15) is 24.4 Å². The lowest BCUT2D eigenvalue weighted by atomic mass is 9.94. The van der Waals surface area contributed by atoms with Crippen LogP contribution in [0.15, 0.2) is 58.8 Å². The number of methoxy groups -OCH3 is 3. The SMILES string of the molecule is COCCN1C(=O)NC(c2cccc(OC)c2)C(c2nc(-c3ccc(OC)cc3)no2)=C1C. The van der Waals surface area contributed by atoms with Gasteiger partial charge in [-0.1, -0.05) is 17.3 Å². The molecule has 1 aliphatic heterocycles. The fraction of sp³-hybridized carbons (Fsp3) is 0.292. The number of allylic oxidation sites excluding steroid dienone is 1. The van der Waals surface area contributed by atoms with Crippen molar-refractivity contribution < 1.29 is 23.5 Å². The van der Waals surface area contributed by atoms with Gasteiger partial charge in [0.1, 0.15) is 11.5 Å². The lowest BCUT2D eigenvalue weighted by Crippen LogP contribution is -2.47. The molecule has 0 saturated carbocycles. The number of carbonyl (C=O) groups excluding carboxylic acids is 1. The molecule has 0 fully saturated rings. The molecule has 3 aromatic rings. The molecule has 172 valence electrons. The zero-order chi connectivity index (χ0) is 23.4. The van der Waals surface area contributed by atoms with Crippen LogP contribution in [-0.2, 0) is 4.74 Å². The Balaban J connectivity index is 1.78. The summed E-state index contributed by atoms with van der Waals surface area (Å²) in [5.74, 6) is 2.19. The first-order valence-electron chi connectivity index (χ1n) is 10.5. The summed E-state index contributed by atoms with van der Waals surface area (Å²) in [4.78, 5) is 19.2. The van der Waals surface area contributed by atoms with Crippen LogP contribution >= 0.6 is 0 Å². The van der Waals surface area contributed by atoms with Gasteiger partial charge in [-0.25, -0.2) is 4.79 Å². The lowest BCUT2D eigenvalue weighted by Gasteiger charge is -2.35. The second-order valence-electron chi connectivity index (χ2n) is 7.45. The summed E-state index contributed by atoms with van der Waals surface area (Å²) in [7, 11) is 4.81. The number of carbonyl (C=O) groups is 1. The van der Waals surface area contributed by atoms with Crippen LogP contribution < -0.4 is 14.8 Å². The first-order valence-corrected chi connectivity index (χ1v) is 10.5. The second-order valence-corrected chi connectivity index (χ2v) is 7.45. The molecule has 9 heteroatoms. The molecule has 2 amide bonds. The number of aromatic nitrogens is 2. The number of urea groups is 1. The van der Waals surface area contributed by atoms with Crippen molar-refractivity contribution in [2.45, 2.75) is 13.0 Å². The summed E-state index contributed by atoms with van der Waals surface area (Å²) >= 11 is 0. The molecule has 1 aliphatic rings. The number of hydrogen-bond donors (Lipinski definition) is 1. The number of benzene rings is 2. The van der Waals surface area contributed by atoms with Gasteiger partial charge in [0.05, 0.1) is 39.0 Å². The number of nitrogens with zero attached hydrogens (tertiary/aromatic N) is 3. The van der Waals surface area contributed by atoms with Gasteiger partial charge in [-0.2, -0.15) is 4.98 Å². The average Bonchev–Trinajstić information content (AvgIpc) is 3.33. The Morgan fingerprint density at radius 2 is 1.82 bits per heavy atom. The van der Waals surface area contributed by atoms with E-state index in [2.05, 4.69) is 15.5 Å². The number of amides is 2. The predicted molar refractivity (Wildman–Crippen MR) is 122 cm³/mol. The van der Waals surface area contributed by atoms with E-state index in [1.54, 1.807) is 26.2 Å². The van der Waals surface area contributed by atoms with Gasteiger partial charge >= 0.3 is 6.03 Å². The van der Waals surface area contributed by atoms with Crippen molar-refractivity contribution in [2.24, 2.45) is 0 Å². The molecule has 9 nitrogen and oxygen atoms in total. The Labute approximate surface area is 191 Å². The third-order valence-electron chi connectivity index (χ3n) is 5.55. The van der Waals surface area contributed by atoms with Crippen LogP contribution in [-0.4, -0.2) is 55.6 Å². The van der Waals surface area contributed by atoms with E-state index in [0.717, 1.165) is 16.9 Å². The number of ether oxygens (including phenoxy) is 3. The minimum atomic E-state index is -0.490. The molecule has 33 heavy (non-hydrogen) atoms. The standard InChI is InChI=1S/C24H26N4O5/c1-15-20(23-26-22(27-33-23)16-8-10-18(31-3)11-9-16)21(17-6-5-7-19(14-17)32-4)25-24(29)28(15)12-13-30-2/h5-11,14,21H,12-13H2,1-4H3,(H,25,29). The monoisotopic (exact) mass is 450 g/mol. The minimum absolute atomic E-state index is 0.226. The van der Waals surface area contributed by atoms with Crippen LogP contribution in [0, 0.1) is 0 Å². The van der Waals surface area contributed by atoms with Gasteiger partial charge in [-0.3, -0.25) is 4.90 Å². The Bertz CT molecular complexity index is 1160. The Morgan fingerprint density at radius 3 is 2.52 bits per heavy atom. The van der Waals surface area contributed by atoms with Crippen molar-refractivity contribution in [1.82, 2.24) is 20.4 Å². The number of nitrogens with one attached hydrogen (secondary N) is 1. The first kappa shape index (κ1) is 22.3. The summed E-state index contributed by atoms with van der Waals surface area (Å²) in [5, 5.41) is 7.24. The van der Waals surface area contributed by atoms with E-state index < -0.39 is 6.04 Å². The van der Waals surface area contributed by atoms with E-state index in [4.69, 9.17) is 18.7 Å². The molecule has 0 spiro atoms. The van der Waals surface area contributed by atoms with Gasteiger partial charge in [0.25, 0.3) is 5.89 Å². The highest BCUT2D eigenvalue weighted by atomic mass is 16.5. The fourth-order valence-electron chi connectivity index (χ4n) is 3.77. The van der Waals surface area contributed by atoms with E-state index in [1.165, 1.54) is 0 Å². The molecule has 1 atom stereocenters. The van der Waals surface area contributed by atoms with Crippen LogP contribution in [0.5, 0.6) is 11.5 Å². The highest BCUT2D eigenvalue weighted by Gasteiger charge is 2.35. The van der Waals surface area contributed by atoms with Crippen LogP contribution in [0.25, 0.3) is 17.0 Å². The third kappa shape index (κ3) is 4.54. The van der Waals surface area contributed by atoms with Crippen LogP contribution in [0.3, 0.4) is 0 Å². The highest BCUT2D eigenvalue weighted by molar-refractivity contribution is 5.87. The maximum atomic E-state index is 12.9. The summed E-state index contributed by atoms with van der Waals surface area (Å²) in [6.45, 7) is 2.65. The molecule has 4 rings (SSSR count). The highest BCUT2D eigenvalue weighted by Crippen LogP contribution is 2.38. The summed E-state index contributed by atoms with van der Waals surface area (Å²) in [6, 6.07) is 14.2. The lowest BCUT2D eigenvalue weighted by molar-refractivity contribution is 0.158. The van der Waals surface area contributed by atoms with Crippen LogP contribution in [0.4, 0.5) is 4.79 Å². The van der Waals surface area contributed by atoms with E-state index in [9.17, 15) is 4.79 Å². The summed E-state index contributed by atoms with van der Waals surface area (Å²) < 4.78 is 21.5. The molecule has 0 saturated heterocycles. The van der Waals surface area contributed by atoms with Gasteiger partial charge in [0, 0.05) is 18.4 Å². The topological polar surface area (TPSA) is 99.0 Å². The fourth-order valence-corrected chi connectivity index (χ4v) is 3.77. The van der Waals surface area contributed by atoms with Crippen molar-refractivity contribution in [1.29, 1.82) is 0 Å². The predicted octanol–water partition coefficient (Wildman–Crippen LogP) is 3.90. The Hall–Kier alpha value is -3.85. The molecule has 2 aromatic carbocycles. The van der Waals surface area contributed by atoms with Crippen molar-refractivity contribution in [3.05, 3.63) is 65.7 Å². The maximum Gasteiger partial charge on any atom is 0.322 e. The maximum absolute atomic E-state index is 12.9. The average molecular weight is 450 g/mol. The second kappa shape index (κ2) is 9.74. The van der Waals surface area contributed by atoms with E-state index >= 15 is 0 Å². The minimum Gasteiger partial charge on any atom is -0.497 e. The zero-order valence-corrected chi connectivity index (χ0v) is 19.0. The van der Waals surface area contributed by atoms with Crippen LogP contribution in [0.2, 0.25) is 0 Å². The molecule has 0 radical (unpaired) electrons. The normalized spacial score (nSPS) is 16.1. The van der Waals surface area contributed by atoms with Gasteiger partial charge in [0.15, 0.2) is 0 Å². The van der Waals surface area contributed by atoms with Gasteiger partial charge in [0.2, 0.25) is 5.82 Å². The Kier molecular flexibility index (Phi) is 6.60. The summed E-state index contributed by atoms with van der Waals surface area (Å²) in [6.07, 6.45) is 0. The molecule has 0 aliphatic carbocycles. The zero-order valence-electron chi connectivity index (χ0n) is 19.0. The molecular formula is C24H26N4O5. The molecule has 1 aromatic heterocycles. The van der Waals surface area contributed by atoms with Crippen molar-refractivity contribution in [3.63, 3.8) is 0 Å². The van der Waals surface area contributed by atoms with E-state index in [1.807, 2.05) is 55.5 Å². The quantitative estimate of drug-likeness (QED) is 0.556. The van der Waals surface area contributed by atoms with Crippen molar-refractivity contribution >= 4 is 11.6 Å². The molecule has 1 unspecified atom stereocenters. The third-order valence-corrected chi connectivity index (χ3v) is 5.55. The molecule has 0 bridgehead atoms. The van der Waals surface area contributed by atoms with Crippen molar-refractivity contribution in [2.75, 3.05) is 34.5 Å². The molecular weight excluding hydrogens is 424 g/mol. The summed E-state index contributed by atoms with van der Waals surface area (Å²) in [5.41, 5.74) is 3.06.